The third-order valence-electron chi connectivity index (χ3n) is 4.70. The summed E-state index contributed by atoms with van der Waals surface area (Å²) in [4.78, 5) is 27.4. The van der Waals surface area contributed by atoms with Crippen molar-refractivity contribution in [1.82, 2.24) is 9.80 Å². The number of nitrogens with zero attached hydrogens (tertiary/aromatic N) is 2. The van der Waals surface area contributed by atoms with Gasteiger partial charge >= 0.3 is 0 Å². The van der Waals surface area contributed by atoms with Crippen molar-refractivity contribution in [2.45, 2.75) is 32.4 Å². The van der Waals surface area contributed by atoms with Gasteiger partial charge in [0.1, 0.15) is 6.61 Å². The highest BCUT2D eigenvalue weighted by atomic mass is 16.5. The second-order valence-electron chi connectivity index (χ2n) is 6.53. The van der Waals surface area contributed by atoms with Gasteiger partial charge in [0.05, 0.1) is 6.61 Å². The zero-order chi connectivity index (χ0) is 16.9. The Morgan fingerprint density at radius 1 is 1.21 bits per heavy atom. The van der Waals surface area contributed by atoms with Crippen LogP contribution in [0.25, 0.3) is 0 Å². The normalized spacial score (nSPS) is 20.2. The van der Waals surface area contributed by atoms with Crippen molar-refractivity contribution in [2.75, 3.05) is 38.2 Å². The molecule has 0 aliphatic carbocycles. The van der Waals surface area contributed by atoms with Gasteiger partial charge in [-0.15, -0.1) is 0 Å². The Morgan fingerprint density at radius 2 is 1.92 bits per heavy atom. The van der Waals surface area contributed by atoms with E-state index in [2.05, 4.69) is 22.3 Å². The standard InChI is InChI=1S/C18H25N3O3/c1-14(22)19-16-4-2-15(3-5-16)12-20-8-6-17(7-9-20)21-10-11-24-13-18(21)23/h2-5,17H,6-13H2,1H3,(H,19,22). The molecule has 1 aromatic carbocycles. The van der Waals surface area contributed by atoms with E-state index in [9.17, 15) is 9.59 Å². The Labute approximate surface area is 142 Å². The maximum atomic E-state index is 11.9. The van der Waals surface area contributed by atoms with Crippen LogP contribution in [0.4, 0.5) is 5.69 Å². The van der Waals surface area contributed by atoms with Gasteiger partial charge in [-0.2, -0.15) is 0 Å². The third-order valence-corrected chi connectivity index (χ3v) is 4.70. The number of amides is 2. The molecule has 2 aliphatic heterocycles. The van der Waals surface area contributed by atoms with Gasteiger partial charge in [-0.3, -0.25) is 14.5 Å². The van der Waals surface area contributed by atoms with Gasteiger partial charge in [-0.05, 0) is 30.5 Å². The molecule has 0 saturated carbocycles. The first-order valence-corrected chi connectivity index (χ1v) is 8.58. The monoisotopic (exact) mass is 331 g/mol. The first kappa shape index (κ1) is 16.9. The van der Waals surface area contributed by atoms with E-state index in [-0.39, 0.29) is 18.4 Å². The molecule has 2 amide bonds. The lowest BCUT2D eigenvalue weighted by atomic mass is 10.0. The van der Waals surface area contributed by atoms with E-state index >= 15 is 0 Å². The molecule has 0 unspecified atom stereocenters. The van der Waals surface area contributed by atoms with Crippen molar-refractivity contribution in [1.29, 1.82) is 0 Å². The van der Waals surface area contributed by atoms with Gasteiger partial charge in [0.25, 0.3) is 0 Å². The summed E-state index contributed by atoms with van der Waals surface area (Å²) in [5.41, 5.74) is 2.07. The lowest BCUT2D eigenvalue weighted by Gasteiger charge is -2.40. The van der Waals surface area contributed by atoms with Gasteiger partial charge in [0.15, 0.2) is 0 Å². The van der Waals surface area contributed by atoms with Crippen molar-refractivity contribution >= 4 is 17.5 Å². The zero-order valence-corrected chi connectivity index (χ0v) is 14.2. The molecule has 0 spiro atoms. The summed E-state index contributed by atoms with van der Waals surface area (Å²) >= 11 is 0. The summed E-state index contributed by atoms with van der Waals surface area (Å²) in [6.45, 7) is 6.05. The number of carbonyl (C=O) groups is 2. The van der Waals surface area contributed by atoms with Crippen LogP contribution in [0.5, 0.6) is 0 Å². The summed E-state index contributed by atoms with van der Waals surface area (Å²) in [6.07, 6.45) is 2.05. The average Bonchev–Trinajstić information content (AvgIpc) is 2.58. The lowest BCUT2D eigenvalue weighted by Crippen LogP contribution is -2.51. The van der Waals surface area contributed by atoms with Crippen molar-refractivity contribution in [3.63, 3.8) is 0 Å². The van der Waals surface area contributed by atoms with Crippen LogP contribution in [-0.4, -0.2) is 60.5 Å². The van der Waals surface area contributed by atoms with Crippen LogP contribution >= 0.6 is 0 Å². The van der Waals surface area contributed by atoms with E-state index in [1.165, 1.54) is 12.5 Å². The van der Waals surface area contributed by atoms with Crippen LogP contribution in [0.2, 0.25) is 0 Å². The van der Waals surface area contributed by atoms with Crippen LogP contribution in [0.3, 0.4) is 0 Å². The Bertz CT molecular complexity index is 580. The number of piperidine rings is 1. The quantitative estimate of drug-likeness (QED) is 0.907. The predicted molar refractivity (Wildman–Crippen MR) is 91.6 cm³/mol. The maximum absolute atomic E-state index is 11.9. The number of carbonyl (C=O) groups excluding carboxylic acids is 2. The number of nitrogens with one attached hydrogen (secondary N) is 1. The molecule has 0 bridgehead atoms. The predicted octanol–water partition coefficient (Wildman–Crippen LogP) is 1.47. The maximum Gasteiger partial charge on any atom is 0.248 e. The van der Waals surface area contributed by atoms with Gasteiger partial charge < -0.3 is 15.0 Å². The third kappa shape index (κ3) is 4.33. The van der Waals surface area contributed by atoms with E-state index in [0.29, 0.717) is 12.6 Å². The zero-order valence-electron chi connectivity index (χ0n) is 14.2. The van der Waals surface area contributed by atoms with Gasteiger partial charge in [0, 0.05) is 44.8 Å². The van der Waals surface area contributed by atoms with Crippen molar-refractivity contribution in [3.8, 4) is 0 Å². The molecule has 0 atom stereocenters. The van der Waals surface area contributed by atoms with E-state index in [1.54, 1.807) is 0 Å². The molecule has 2 fully saturated rings. The molecule has 2 heterocycles. The number of hydrogen-bond donors (Lipinski definition) is 1. The molecule has 24 heavy (non-hydrogen) atoms. The molecule has 0 aromatic heterocycles. The molecule has 2 aliphatic rings. The Morgan fingerprint density at radius 3 is 2.54 bits per heavy atom. The average molecular weight is 331 g/mol. The fourth-order valence-electron chi connectivity index (χ4n) is 3.46. The Hall–Kier alpha value is -1.92. The summed E-state index contributed by atoms with van der Waals surface area (Å²) in [5, 5.41) is 2.78. The molecule has 130 valence electrons. The van der Waals surface area contributed by atoms with Crippen molar-refractivity contribution in [2.24, 2.45) is 0 Å². The summed E-state index contributed by atoms with van der Waals surface area (Å²) < 4.78 is 5.21. The van der Waals surface area contributed by atoms with Crippen LogP contribution in [0.15, 0.2) is 24.3 Å². The first-order valence-electron chi connectivity index (χ1n) is 8.58. The lowest BCUT2D eigenvalue weighted by molar-refractivity contribution is -0.146. The fourth-order valence-corrected chi connectivity index (χ4v) is 3.46. The number of hydrogen-bond acceptors (Lipinski definition) is 4. The minimum absolute atomic E-state index is 0.0533. The SMILES string of the molecule is CC(=O)Nc1ccc(CN2CCC(N3CCOCC3=O)CC2)cc1. The van der Waals surface area contributed by atoms with Crippen molar-refractivity contribution in [3.05, 3.63) is 29.8 Å². The molecular formula is C18H25N3O3. The number of morpholine rings is 1. The highest BCUT2D eigenvalue weighted by Gasteiger charge is 2.29. The molecule has 1 N–H and O–H groups in total. The molecule has 6 nitrogen and oxygen atoms in total. The summed E-state index contributed by atoms with van der Waals surface area (Å²) in [7, 11) is 0. The van der Waals surface area contributed by atoms with Crippen LogP contribution in [0, 0.1) is 0 Å². The molecule has 1 aromatic rings. The minimum Gasteiger partial charge on any atom is -0.370 e. The number of likely N-dealkylation sites (tertiary alicyclic amines) is 1. The number of benzene rings is 1. The van der Waals surface area contributed by atoms with Crippen LogP contribution < -0.4 is 5.32 Å². The van der Waals surface area contributed by atoms with E-state index < -0.39 is 0 Å². The number of anilines is 1. The molecule has 0 radical (unpaired) electrons. The largest absolute Gasteiger partial charge is 0.370 e. The number of rotatable bonds is 4. The van der Waals surface area contributed by atoms with Crippen LogP contribution in [0.1, 0.15) is 25.3 Å². The topological polar surface area (TPSA) is 61.9 Å². The minimum atomic E-state index is -0.0533. The number of ether oxygens (including phenoxy) is 1. The second kappa shape index (κ2) is 7.77. The van der Waals surface area contributed by atoms with Crippen molar-refractivity contribution < 1.29 is 14.3 Å². The molecule has 2 saturated heterocycles. The summed E-state index contributed by atoms with van der Waals surface area (Å²) in [5.74, 6) is 0.0794. The van der Waals surface area contributed by atoms with E-state index in [1.807, 2.05) is 17.0 Å². The Balaban J connectivity index is 1.48. The van der Waals surface area contributed by atoms with E-state index in [0.717, 1.165) is 44.7 Å². The highest BCUT2D eigenvalue weighted by Crippen LogP contribution is 2.20. The van der Waals surface area contributed by atoms with E-state index in [4.69, 9.17) is 4.74 Å². The second-order valence-corrected chi connectivity index (χ2v) is 6.53. The molecular weight excluding hydrogens is 306 g/mol. The van der Waals surface area contributed by atoms with Gasteiger partial charge in [0.2, 0.25) is 11.8 Å². The van der Waals surface area contributed by atoms with Gasteiger partial charge in [-0.1, -0.05) is 12.1 Å². The highest BCUT2D eigenvalue weighted by molar-refractivity contribution is 5.88. The fraction of sp³-hybridized carbons (Fsp3) is 0.556. The first-order chi connectivity index (χ1) is 11.6. The molecule has 6 heteroatoms. The smallest absolute Gasteiger partial charge is 0.248 e. The van der Waals surface area contributed by atoms with Crippen LogP contribution in [-0.2, 0) is 20.9 Å². The van der Waals surface area contributed by atoms with Gasteiger partial charge in [-0.25, -0.2) is 0 Å². The molecule has 3 rings (SSSR count). The Kier molecular flexibility index (Phi) is 5.48. The summed E-state index contributed by atoms with van der Waals surface area (Å²) in [6, 6.07) is 8.36.